The van der Waals surface area contributed by atoms with Crippen molar-refractivity contribution in [2.45, 2.75) is 40.2 Å². The molecule has 0 saturated carbocycles. The molecule has 0 aliphatic heterocycles. The van der Waals surface area contributed by atoms with Crippen molar-refractivity contribution in [3.05, 3.63) is 57.6 Å². The van der Waals surface area contributed by atoms with Crippen LogP contribution in [0.1, 0.15) is 87.2 Å². The summed E-state index contributed by atoms with van der Waals surface area (Å²) in [6.07, 6.45) is 0. The van der Waals surface area contributed by atoms with E-state index in [0.29, 0.717) is 0 Å². The summed E-state index contributed by atoms with van der Waals surface area (Å²) in [5.74, 6) is -6.56. The fourth-order valence-corrected chi connectivity index (χ4v) is 3.61. The highest BCUT2D eigenvalue weighted by Crippen LogP contribution is 2.40. The molecule has 2 N–H and O–H groups in total. The highest BCUT2D eigenvalue weighted by molar-refractivity contribution is 6.33. The molecule has 0 atom stereocenters. The van der Waals surface area contributed by atoms with Crippen molar-refractivity contribution in [2.24, 2.45) is 0 Å². The Balaban J connectivity index is 2.44. The van der Waals surface area contributed by atoms with Crippen LogP contribution in [0, 0.1) is 0 Å². The molecule has 3 rings (SSSR count). The SMILES string of the molecule is CC(=O)Oc1cccc2c1C(=O)c1c(OC(C)=O)cc(C(=O)O)c(C(=O)NC(C)(C)C)c1C2=O. The van der Waals surface area contributed by atoms with Crippen molar-refractivity contribution < 1.29 is 43.3 Å². The van der Waals surface area contributed by atoms with E-state index >= 15 is 0 Å². The van der Waals surface area contributed by atoms with Crippen LogP contribution < -0.4 is 14.8 Å². The monoisotopic (exact) mass is 467 g/mol. The average Bonchev–Trinajstić information content (AvgIpc) is 2.68. The second kappa shape index (κ2) is 8.54. The van der Waals surface area contributed by atoms with E-state index in [-0.39, 0.29) is 16.9 Å². The van der Waals surface area contributed by atoms with Crippen molar-refractivity contribution in [3.8, 4) is 11.5 Å². The summed E-state index contributed by atoms with van der Waals surface area (Å²) in [5.41, 5.74) is -3.44. The third-order valence-electron chi connectivity index (χ3n) is 4.70. The molecule has 10 heteroatoms. The van der Waals surface area contributed by atoms with Crippen molar-refractivity contribution in [1.82, 2.24) is 5.32 Å². The second-order valence-electron chi connectivity index (χ2n) is 8.58. The van der Waals surface area contributed by atoms with E-state index in [1.54, 1.807) is 20.8 Å². The molecular weight excluding hydrogens is 446 g/mol. The molecule has 2 aromatic rings. The first kappa shape index (κ1) is 24.3. The molecule has 0 heterocycles. The number of benzene rings is 2. The van der Waals surface area contributed by atoms with Crippen molar-refractivity contribution in [3.63, 3.8) is 0 Å². The summed E-state index contributed by atoms with van der Waals surface area (Å²) in [7, 11) is 0. The van der Waals surface area contributed by atoms with E-state index < -0.39 is 68.9 Å². The third-order valence-corrected chi connectivity index (χ3v) is 4.70. The highest BCUT2D eigenvalue weighted by atomic mass is 16.5. The zero-order valence-electron chi connectivity index (χ0n) is 19.0. The van der Waals surface area contributed by atoms with Gasteiger partial charge in [-0.1, -0.05) is 12.1 Å². The van der Waals surface area contributed by atoms with E-state index in [2.05, 4.69) is 5.32 Å². The van der Waals surface area contributed by atoms with Crippen LogP contribution in [-0.2, 0) is 9.59 Å². The molecule has 2 aromatic carbocycles. The Morgan fingerprint density at radius 2 is 1.44 bits per heavy atom. The van der Waals surface area contributed by atoms with Gasteiger partial charge in [0.2, 0.25) is 5.78 Å². The van der Waals surface area contributed by atoms with Gasteiger partial charge in [0.1, 0.15) is 11.5 Å². The average molecular weight is 467 g/mol. The van der Waals surface area contributed by atoms with Crippen molar-refractivity contribution in [1.29, 1.82) is 0 Å². The van der Waals surface area contributed by atoms with Gasteiger partial charge in [0.25, 0.3) is 5.91 Å². The lowest BCUT2D eigenvalue weighted by molar-refractivity contribution is -0.132. The van der Waals surface area contributed by atoms with Crippen LogP contribution >= 0.6 is 0 Å². The lowest BCUT2D eigenvalue weighted by Crippen LogP contribution is -2.42. The number of amides is 1. The van der Waals surface area contributed by atoms with E-state index in [0.717, 1.165) is 19.9 Å². The maximum absolute atomic E-state index is 13.6. The Bertz CT molecular complexity index is 1300. The van der Waals surface area contributed by atoms with E-state index in [1.165, 1.54) is 18.2 Å². The lowest BCUT2D eigenvalue weighted by Gasteiger charge is -2.26. The molecule has 1 amide bonds. The maximum Gasteiger partial charge on any atom is 0.336 e. The Morgan fingerprint density at radius 1 is 0.853 bits per heavy atom. The number of hydrogen-bond donors (Lipinski definition) is 2. The number of nitrogens with one attached hydrogen (secondary N) is 1. The lowest BCUT2D eigenvalue weighted by atomic mass is 9.79. The molecule has 10 nitrogen and oxygen atoms in total. The van der Waals surface area contributed by atoms with Crippen LogP contribution in [0.3, 0.4) is 0 Å². The number of aromatic carboxylic acids is 1. The molecule has 0 spiro atoms. The number of fused-ring (bicyclic) bond motifs is 2. The van der Waals surface area contributed by atoms with E-state index in [9.17, 15) is 33.9 Å². The fraction of sp³-hybridized carbons (Fsp3) is 0.250. The molecular formula is C24H21NO9. The molecule has 0 saturated heterocycles. The summed E-state index contributed by atoms with van der Waals surface area (Å²) in [5, 5.41) is 12.4. The van der Waals surface area contributed by atoms with Gasteiger partial charge >= 0.3 is 17.9 Å². The topological polar surface area (TPSA) is 153 Å². The number of ketones is 2. The summed E-state index contributed by atoms with van der Waals surface area (Å²) >= 11 is 0. The van der Waals surface area contributed by atoms with Crippen LogP contribution in [0.2, 0.25) is 0 Å². The van der Waals surface area contributed by atoms with Gasteiger partial charge in [-0.25, -0.2) is 4.79 Å². The predicted octanol–water partition coefficient (Wildman–Crippen LogP) is 2.54. The number of carboxylic acids is 1. The molecule has 34 heavy (non-hydrogen) atoms. The first-order valence-electron chi connectivity index (χ1n) is 10.1. The number of hydrogen-bond acceptors (Lipinski definition) is 8. The molecule has 0 aromatic heterocycles. The fourth-order valence-electron chi connectivity index (χ4n) is 3.61. The van der Waals surface area contributed by atoms with Gasteiger partial charge in [-0.05, 0) is 32.9 Å². The molecule has 0 radical (unpaired) electrons. The molecule has 0 unspecified atom stereocenters. The Hall–Kier alpha value is -4.34. The maximum atomic E-state index is 13.6. The number of carbonyl (C=O) groups is 6. The number of carbonyl (C=O) groups excluding carboxylic acids is 5. The second-order valence-corrected chi connectivity index (χ2v) is 8.58. The molecule has 1 aliphatic carbocycles. The number of carboxylic acid groups (broad SMARTS) is 1. The van der Waals surface area contributed by atoms with Gasteiger partial charge < -0.3 is 19.9 Å². The number of ether oxygens (including phenoxy) is 2. The predicted molar refractivity (Wildman–Crippen MR) is 117 cm³/mol. The summed E-state index contributed by atoms with van der Waals surface area (Å²) < 4.78 is 10.2. The van der Waals surface area contributed by atoms with Crippen molar-refractivity contribution >= 4 is 35.4 Å². The largest absolute Gasteiger partial charge is 0.478 e. The zero-order chi connectivity index (χ0) is 25.5. The van der Waals surface area contributed by atoms with E-state index in [1.807, 2.05) is 0 Å². The summed E-state index contributed by atoms with van der Waals surface area (Å²) in [6, 6.07) is 4.82. The zero-order valence-corrected chi connectivity index (χ0v) is 19.0. The molecule has 176 valence electrons. The van der Waals surface area contributed by atoms with Gasteiger partial charge in [0.15, 0.2) is 5.78 Å². The number of rotatable bonds is 4. The van der Waals surface area contributed by atoms with Crippen LogP contribution in [0.15, 0.2) is 24.3 Å². The van der Waals surface area contributed by atoms with Gasteiger partial charge in [-0.2, -0.15) is 0 Å². The van der Waals surface area contributed by atoms with Crippen LogP contribution in [0.5, 0.6) is 11.5 Å². The first-order valence-corrected chi connectivity index (χ1v) is 10.1. The van der Waals surface area contributed by atoms with Crippen molar-refractivity contribution in [2.75, 3.05) is 0 Å². The van der Waals surface area contributed by atoms with Gasteiger partial charge in [-0.15, -0.1) is 0 Å². The van der Waals surface area contributed by atoms with E-state index in [4.69, 9.17) is 9.47 Å². The standard InChI is InChI=1S/C24H21NO9/c1-10(26)33-14-8-6-7-12-16(14)21(29)18-15(34-11(2)27)9-13(23(31)32)17(19(18)20(12)28)22(30)25-24(3,4)5/h6-9H,1-5H3,(H,25,30)(H,31,32). The quantitative estimate of drug-likeness (QED) is 0.435. The van der Waals surface area contributed by atoms with Gasteiger partial charge in [-0.3, -0.25) is 24.0 Å². The minimum absolute atomic E-state index is 0.197. The Kier molecular flexibility index (Phi) is 6.11. The minimum atomic E-state index is -1.57. The van der Waals surface area contributed by atoms with Crippen LogP contribution in [0.4, 0.5) is 0 Å². The molecule has 0 fully saturated rings. The minimum Gasteiger partial charge on any atom is -0.478 e. The highest BCUT2D eigenvalue weighted by Gasteiger charge is 2.41. The first-order chi connectivity index (χ1) is 15.7. The number of esters is 2. The third kappa shape index (κ3) is 4.42. The molecule has 1 aliphatic rings. The Morgan fingerprint density at radius 3 is 1.97 bits per heavy atom. The summed E-state index contributed by atoms with van der Waals surface area (Å²) in [6.45, 7) is 7.09. The summed E-state index contributed by atoms with van der Waals surface area (Å²) in [4.78, 5) is 75.6. The Labute approximate surface area is 193 Å². The van der Waals surface area contributed by atoms with Gasteiger partial charge in [0.05, 0.1) is 27.8 Å². The normalized spacial score (nSPS) is 12.4. The molecule has 0 bridgehead atoms. The van der Waals surface area contributed by atoms with Gasteiger partial charge in [0, 0.05) is 24.9 Å². The van der Waals surface area contributed by atoms with Crippen LogP contribution in [-0.4, -0.2) is 46.0 Å². The van der Waals surface area contributed by atoms with Crippen LogP contribution in [0.25, 0.3) is 0 Å². The smallest absolute Gasteiger partial charge is 0.336 e.